The summed E-state index contributed by atoms with van der Waals surface area (Å²) in [5, 5.41) is 4.30. The minimum atomic E-state index is -0.0113. The number of hydrogen-bond donors (Lipinski definition) is 2. The van der Waals surface area contributed by atoms with Crippen molar-refractivity contribution >= 4 is 27.8 Å². The molecule has 0 radical (unpaired) electrons. The van der Waals surface area contributed by atoms with Gasteiger partial charge in [0.1, 0.15) is 0 Å². The lowest BCUT2D eigenvalue weighted by Crippen LogP contribution is -2.07. The van der Waals surface area contributed by atoms with Gasteiger partial charge in [-0.25, -0.2) is 0 Å². The van der Waals surface area contributed by atoms with Gasteiger partial charge in [-0.3, -0.25) is 4.79 Å². The fraction of sp³-hybridized carbons (Fsp3) is 0.643. The molecule has 1 rings (SSSR count). The van der Waals surface area contributed by atoms with Crippen molar-refractivity contribution in [1.82, 2.24) is 0 Å². The fourth-order valence-electron chi connectivity index (χ4n) is 1.71. The highest BCUT2D eigenvalue weighted by molar-refractivity contribution is 7.18. The summed E-state index contributed by atoms with van der Waals surface area (Å²) >= 11 is 1.45. The molecule has 0 fully saturated rings. The molecule has 0 amide bonds. The van der Waals surface area contributed by atoms with Crippen LogP contribution in [0.4, 0.5) is 10.7 Å². The molecule has 19 heavy (non-hydrogen) atoms. The molecule has 1 aromatic rings. The molecule has 5 heteroatoms. The summed E-state index contributed by atoms with van der Waals surface area (Å²) in [7, 11) is 1.72. The number of carbonyl (C=O) groups excluding carboxylic acids is 1. The fourth-order valence-corrected chi connectivity index (χ4v) is 2.80. The number of rotatable bonds is 9. The first-order chi connectivity index (χ1) is 9.06. The number of nitrogen functional groups attached to an aromatic ring is 1. The molecule has 0 aliphatic rings. The Balaban J connectivity index is 2.39. The minimum Gasteiger partial charge on any atom is -0.397 e. The molecular formula is C14H24N2O2S. The van der Waals surface area contributed by atoms with E-state index in [1.165, 1.54) is 11.3 Å². The third-order valence-corrected chi connectivity index (χ3v) is 3.96. The van der Waals surface area contributed by atoms with Gasteiger partial charge in [0.25, 0.3) is 0 Å². The Hall–Kier alpha value is -1.07. The van der Waals surface area contributed by atoms with E-state index < -0.39 is 0 Å². The first kappa shape index (κ1) is 16.0. The molecule has 1 heterocycles. The molecule has 4 nitrogen and oxygen atoms in total. The average Bonchev–Trinajstić information content (AvgIpc) is 2.73. The highest BCUT2D eigenvalue weighted by atomic mass is 32.1. The monoisotopic (exact) mass is 284 g/mol. The molecule has 0 aliphatic carbocycles. The number of ether oxygens (including phenoxy) is 1. The van der Waals surface area contributed by atoms with Crippen LogP contribution in [-0.4, -0.2) is 26.0 Å². The standard InChI is InChI=1S/C14H24N2O2S/c1-10(2)13(17)14-11(15)9-12(19-14)16-7-5-4-6-8-18-3/h9-10,16H,4-8,15H2,1-3H3. The summed E-state index contributed by atoms with van der Waals surface area (Å²) in [6.07, 6.45) is 3.32. The molecule has 0 aliphatic heterocycles. The summed E-state index contributed by atoms with van der Waals surface area (Å²) in [4.78, 5) is 12.6. The summed E-state index contributed by atoms with van der Waals surface area (Å²) in [5.41, 5.74) is 6.47. The highest BCUT2D eigenvalue weighted by Gasteiger charge is 2.17. The van der Waals surface area contributed by atoms with Crippen LogP contribution in [0.1, 0.15) is 42.8 Å². The SMILES string of the molecule is COCCCCCNc1cc(N)c(C(=O)C(C)C)s1. The Labute approximate surface area is 119 Å². The number of carbonyl (C=O) groups is 1. The van der Waals surface area contributed by atoms with E-state index in [1.807, 2.05) is 19.9 Å². The van der Waals surface area contributed by atoms with Gasteiger partial charge in [-0.15, -0.1) is 11.3 Å². The molecular weight excluding hydrogens is 260 g/mol. The smallest absolute Gasteiger partial charge is 0.177 e. The number of nitrogens with one attached hydrogen (secondary N) is 1. The van der Waals surface area contributed by atoms with E-state index >= 15 is 0 Å². The van der Waals surface area contributed by atoms with Gasteiger partial charge in [0.15, 0.2) is 5.78 Å². The average molecular weight is 284 g/mol. The van der Waals surface area contributed by atoms with Crippen molar-refractivity contribution < 1.29 is 9.53 Å². The summed E-state index contributed by atoms with van der Waals surface area (Å²) in [6, 6.07) is 1.86. The lowest BCUT2D eigenvalue weighted by atomic mass is 10.1. The molecule has 3 N–H and O–H groups in total. The first-order valence-electron chi connectivity index (χ1n) is 6.72. The van der Waals surface area contributed by atoms with Crippen molar-refractivity contribution in [2.75, 3.05) is 31.3 Å². The molecule has 0 saturated heterocycles. The maximum absolute atomic E-state index is 11.9. The first-order valence-corrected chi connectivity index (χ1v) is 7.54. The Kier molecular flexibility index (Phi) is 6.87. The second kappa shape index (κ2) is 8.17. The maximum Gasteiger partial charge on any atom is 0.177 e. The van der Waals surface area contributed by atoms with Crippen LogP contribution in [0.2, 0.25) is 0 Å². The van der Waals surface area contributed by atoms with Gasteiger partial charge in [0.2, 0.25) is 0 Å². The topological polar surface area (TPSA) is 64.3 Å². The summed E-state index contributed by atoms with van der Waals surface area (Å²) in [6.45, 7) is 5.51. The molecule has 0 saturated carbocycles. The lowest BCUT2D eigenvalue weighted by molar-refractivity contribution is 0.0944. The van der Waals surface area contributed by atoms with Gasteiger partial charge in [0, 0.05) is 26.2 Å². The van der Waals surface area contributed by atoms with Crippen molar-refractivity contribution in [3.05, 3.63) is 10.9 Å². The van der Waals surface area contributed by atoms with Crippen molar-refractivity contribution in [2.45, 2.75) is 33.1 Å². The Bertz CT molecular complexity index is 402. The van der Waals surface area contributed by atoms with E-state index in [2.05, 4.69) is 5.32 Å². The van der Waals surface area contributed by atoms with Crippen LogP contribution in [0.25, 0.3) is 0 Å². The number of ketones is 1. The van der Waals surface area contributed by atoms with Gasteiger partial charge >= 0.3 is 0 Å². The van der Waals surface area contributed by atoms with Crippen molar-refractivity contribution in [2.24, 2.45) is 5.92 Å². The number of methoxy groups -OCH3 is 1. The molecule has 108 valence electrons. The minimum absolute atomic E-state index is 0.0113. The lowest BCUT2D eigenvalue weighted by Gasteiger charge is -2.03. The largest absolute Gasteiger partial charge is 0.397 e. The summed E-state index contributed by atoms with van der Waals surface area (Å²) in [5.74, 6) is 0.110. The molecule has 0 bridgehead atoms. The number of anilines is 2. The number of Topliss-reactive ketones (excluding diaryl/α,β-unsaturated/α-hetero) is 1. The van der Waals surface area contributed by atoms with Crippen LogP contribution in [-0.2, 0) is 4.74 Å². The zero-order chi connectivity index (χ0) is 14.3. The zero-order valence-electron chi connectivity index (χ0n) is 12.0. The van der Waals surface area contributed by atoms with Gasteiger partial charge in [-0.1, -0.05) is 13.8 Å². The van der Waals surface area contributed by atoms with E-state index in [0.29, 0.717) is 10.6 Å². The Morgan fingerprint density at radius 1 is 1.42 bits per heavy atom. The predicted octanol–water partition coefficient (Wildman–Crippen LogP) is 3.40. The van der Waals surface area contributed by atoms with Crippen LogP contribution >= 0.6 is 11.3 Å². The second-order valence-corrected chi connectivity index (χ2v) is 5.95. The van der Waals surface area contributed by atoms with E-state index in [-0.39, 0.29) is 11.7 Å². The van der Waals surface area contributed by atoms with Gasteiger partial charge in [0.05, 0.1) is 15.6 Å². The van der Waals surface area contributed by atoms with E-state index in [1.54, 1.807) is 7.11 Å². The van der Waals surface area contributed by atoms with E-state index in [0.717, 1.165) is 37.4 Å². The van der Waals surface area contributed by atoms with E-state index in [9.17, 15) is 4.79 Å². The predicted molar refractivity (Wildman–Crippen MR) is 82.1 cm³/mol. The van der Waals surface area contributed by atoms with Crippen LogP contribution in [0.3, 0.4) is 0 Å². The number of hydrogen-bond acceptors (Lipinski definition) is 5. The molecule has 0 aromatic carbocycles. The zero-order valence-corrected chi connectivity index (χ0v) is 12.8. The Morgan fingerprint density at radius 2 is 2.16 bits per heavy atom. The van der Waals surface area contributed by atoms with Crippen molar-refractivity contribution in [3.63, 3.8) is 0 Å². The molecule has 1 aromatic heterocycles. The van der Waals surface area contributed by atoms with Gasteiger partial charge in [-0.05, 0) is 25.3 Å². The summed E-state index contributed by atoms with van der Waals surface area (Å²) < 4.78 is 5.00. The second-order valence-electron chi connectivity index (χ2n) is 4.89. The Morgan fingerprint density at radius 3 is 2.79 bits per heavy atom. The van der Waals surface area contributed by atoms with Crippen LogP contribution in [0.15, 0.2) is 6.07 Å². The molecule has 0 spiro atoms. The number of thiophene rings is 1. The van der Waals surface area contributed by atoms with Crippen LogP contribution in [0, 0.1) is 5.92 Å². The van der Waals surface area contributed by atoms with Crippen molar-refractivity contribution in [1.29, 1.82) is 0 Å². The third kappa shape index (κ3) is 5.20. The van der Waals surface area contributed by atoms with Crippen molar-refractivity contribution in [3.8, 4) is 0 Å². The van der Waals surface area contributed by atoms with E-state index in [4.69, 9.17) is 10.5 Å². The molecule has 0 atom stereocenters. The van der Waals surface area contributed by atoms with Gasteiger partial charge < -0.3 is 15.8 Å². The molecule has 0 unspecified atom stereocenters. The van der Waals surface area contributed by atoms with Crippen LogP contribution in [0.5, 0.6) is 0 Å². The van der Waals surface area contributed by atoms with Gasteiger partial charge in [-0.2, -0.15) is 0 Å². The maximum atomic E-state index is 11.9. The normalized spacial score (nSPS) is 10.9. The van der Waals surface area contributed by atoms with Crippen LogP contribution < -0.4 is 11.1 Å². The third-order valence-electron chi connectivity index (χ3n) is 2.83. The quantitative estimate of drug-likeness (QED) is 0.539. The highest BCUT2D eigenvalue weighted by Crippen LogP contribution is 2.31. The number of unbranched alkanes of at least 4 members (excludes halogenated alkanes) is 2. The number of nitrogens with two attached hydrogens (primary N) is 1.